The van der Waals surface area contributed by atoms with Gasteiger partial charge in [0.25, 0.3) is 5.56 Å². The lowest BCUT2D eigenvalue weighted by atomic mass is 10.1. The number of benzene rings is 2. The number of nitrogens with zero attached hydrogens (tertiary/aromatic N) is 5. The van der Waals surface area contributed by atoms with Crippen molar-refractivity contribution in [2.75, 3.05) is 0 Å². The summed E-state index contributed by atoms with van der Waals surface area (Å²) in [4.78, 5) is 18.2. The number of aromatic nitrogens is 5. The fourth-order valence-electron chi connectivity index (χ4n) is 4.52. The third kappa shape index (κ3) is 5.11. The summed E-state index contributed by atoms with van der Waals surface area (Å²) in [6.45, 7) is 5.35. The van der Waals surface area contributed by atoms with Gasteiger partial charge in [-0.3, -0.25) is 9.69 Å². The summed E-state index contributed by atoms with van der Waals surface area (Å²) in [6, 6.07) is 17.8. The molecule has 0 bridgehead atoms. The molecule has 0 spiro atoms. The minimum Gasteiger partial charge on any atom is -0.468 e. The highest BCUT2D eigenvalue weighted by Gasteiger charge is 2.27. The molecule has 0 aliphatic rings. The van der Waals surface area contributed by atoms with Crippen molar-refractivity contribution in [2.45, 2.75) is 45.9 Å². The molecule has 9 heteroatoms. The number of H-pyrrole nitrogens is 1. The monoisotopic (exact) mass is 486 g/mol. The summed E-state index contributed by atoms with van der Waals surface area (Å²) in [6.07, 6.45) is 2.34. The van der Waals surface area contributed by atoms with Crippen LogP contribution in [0.15, 0.2) is 76.1 Å². The Bertz CT molecular complexity index is 1510. The van der Waals surface area contributed by atoms with Gasteiger partial charge in [-0.15, -0.1) is 5.10 Å². The fraction of sp³-hybridized carbons (Fsp3) is 0.259. The fourth-order valence-corrected chi connectivity index (χ4v) is 4.52. The number of tetrazole rings is 1. The SMILES string of the molecule is CC[C@@H](c1nnnn1Cc1ccc(F)cc1)N(Cc1ccco1)Cc1cc2cc(C)ccc2[nH]c1=O. The van der Waals surface area contributed by atoms with E-state index in [1.807, 2.05) is 37.3 Å². The standard InChI is InChI=1S/C27H27FN6O2/c1-3-25(26-30-31-32-34(26)15-19-7-9-22(28)10-8-19)33(17-23-5-4-12-36-23)16-21-14-20-13-18(2)6-11-24(20)29-27(21)35/h4-14,25H,3,15-17H2,1-2H3,(H,29,35)/t25-/m0/s1. The molecule has 36 heavy (non-hydrogen) atoms. The first kappa shape index (κ1) is 23.6. The second kappa shape index (κ2) is 10.2. The number of fused-ring (bicyclic) bond motifs is 1. The number of nitrogens with one attached hydrogen (secondary N) is 1. The third-order valence-electron chi connectivity index (χ3n) is 6.32. The van der Waals surface area contributed by atoms with Gasteiger partial charge in [0.15, 0.2) is 5.82 Å². The van der Waals surface area contributed by atoms with Gasteiger partial charge in [0, 0.05) is 17.6 Å². The van der Waals surface area contributed by atoms with Crippen molar-refractivity contribution in [3.63, 3.8) is 0 Å². The number of hydrogen-bond donors (Lipinski definition) is 1. The van der Waals surface area contributed by atoms with Crippen LogP contribution in [0.4, 0.5) is 4.39 Å². The molecule has 8 nitrogen and oxygen atoms in total. The number of aromatic amines is 1. The van der Waals surface area contributed by atoms with E-state index in [9.17, 15) is 9.18 Å². The molecule has 0 aliphatic heterocycles. The molecule has 0 amide bonds. The van der Waals surface area contributed by atoms with Crippen molar-refractivity contribution in [1.29, 1.82) is 0 Å². The molecule has 0 saturated heterocycles. The van der Waals surface area contributed by atoms with Crippen LogP contribution in [0.3, 0.4) is 0 Å². The van der Waals surface area contributed by atoms with E-state index in [4.69, 9.17) is 4.42 Å². The van der Waals surface area contributed by atoms with Crippen LogP contribution in [-0.4, -0.2) is 30.1 Å². The molecule has 3 aromatic heterocycles. The summed E-state index contributed by atoms with van der Waals surface area (Å²) in [5.41, 5.74) is 3.34. The van der Waals surface area contributed by atoms with Gasteiger partial charge >= 0.3 is 0 Å². The van der Waals surface area contributed by atoms with Crippen LogP contribution < -0.4 is 5.56 Å². The number of rotatable bonds is 9. The van der Waals surface area contributed by atoms with Crippen LogP contribution in [0, 0.1) is 12.7 Å². The van der Waals surface area contributed by atoms with Crippen molar-refractivity contribution in [1.82, 2.24) is 30.1 Å². The summed E-state index contributed by atoms with van der Waals surface area (Å²) >= 11 is 0. The van der Waals surface area contributed by atoms with Gasteiger partial charge in [0.2, 0.25) is 0 Å². The molecule has 0 radical (unpaired) electrons. The Labute approximate surface area is 207 Å². The summed E-state index contributed by atoms with van der Waals surface area (Å²) < 4.78 is 20.8. The molecule has 184 valence electrons. The van der Waals surface area contributed by atoms with E-state index in [0.717, 1.165) is 27.8 Å². The molecular formula is C27H27FN6O2. The van der Waals surface area contributed by atoms with Crippen LogP contribution in [0.25, 0.3) is 10.9 Å². The average Bonchev–Trinajstić information content (AvgIpc) is 3.54. The zero-order valence-corrected chi connectivity index (χ0v) is 20.2. The van der Waals surface area contributed by atoms with Gasteiger partial charge < -0.3 is 9.40 Å². The minimum atomic E-state index is -0.289. The van der Waals surface area contributed by atoms with Crippen LogP contribution in [-0.2, 0) is 19.6 Å². The van der Waals surface area contributed by atoms with E-state index < -0.39 is 0 Å². The van der Waals surface area contributed by atoms with Crippen LogP contribution in [0.5, 0.6) is 0 Å². The number of halogens is 1. The molecule has 3 heterocycles. The molecule has 1 N–H and O–H groups in total. The molecule has 0 fully saturated rings. The van der Waals surface area contributed by atoms with E-state index in [-0.39, 0.29) is 17.4 Å². The Kier molecular flexibility index (Phi) is 6.73. The normalized spacial score (nSPS) is 12.4. The lowest BCUT2D eigenvalue weighted by Crippen LogP contribution is -2.32. The Morgan fingerprint density at radius 2 is 1.94 bits per heavy atom. The van der Waals surface area contributed by atoms with Gasteiger partial charge in [0.1, 0.15) is 11.6 Å². The van der Waals surface area contributed by atoms with Crippen LogP contribution in [0.2, 0.25) is 0 Å². The topological polar surface area (TPSA) is 92.8 Å². The highest BCUT2D eigenvalue weighted by molar-refractivity contribution is 5.79. The van der Waals surface area contributed by atoms with Crippen LogP contribution in [0.1, 0.15) is 47.7 Å². The van der Waals surface area contributed by atoms with Gasteiger partial charge in [-0.25, -0.2) is 9.07 Å². The Hall–Kier alpha value is -4.11. The van der Waals surface area contributed by atoms with Crippen molar-refractivity contribution in [3.05, 3.63) is 111 Å². The van der Waals surface area contributed by atoms with E-state index in [1.54, 1.807) is 23.1 Å². The maximum atomic E-state index is 13.4. The number of pyridine rings is 1. The first-order chi connectivity index (χ1) is 17.5. The zero-order valence-electron chi connectivity index (χ0n) is 20.2. The Morgan fingerprint density at radius 3 is 2.69 bits per heavy atom. The average molecular weight is 487 g/mol. The lowest BCUT2D eigenvalue weighted by molar-refractivity contribution is 0.149. The minimum absolute atomic E-state index is 0.128. The zero-order chi connectivity index (χ0) is 25.1. The van der Waals surface area contributed by atoms with Crippen molar-refractivity contribution in [3.8, 4) is 0 Å². The second-order valence-electron chi connectivity index (χ2n) is 8.94. The summed E-state index contributed by atoms with van der Waals surface area (Å²) in [7, 11) is 0. The molecule has 5 rings (SSSR count). The molecule has 5 aromatic rings. The molecule has 0 unspecified atom stereocenters. The highest BCUT2D eigenvalue weighted by Crippen LogP contribution is 2.27. The maximum absolute atomic E-state index is 13.4. The molecular weight excluding hydrogens is 459 g/mol. The number of hydrogen-bond acceptors (Lipinski definition) is 6. The van der Waals surface area contributed by atoms with Gasteiger partial charge in [-0.05, 0) is 77.2 Å². The summed E-state index contributed by atoms with van der Waals surface area (Å²) in [5.74, 6) is 1.16. The van der Waals surface area contributed by atoms with Gasteiger partial charge in [-0.1, -0.05) is 30.7 Å². The van der Waals surface area contributed by atoms with Crippen molar-refractivity contribution < 1.29 is 8.81 Å². The smallest absolute Gasteiger partial charge is 0.252 e. The largest absolute Gasteiger partial charge is 0.468 e. The Morgan fingerprint density at radius 1 is 1.11 bits per heavy atom. The molecule has 0 aliphatic carbocycles. The number of furan rings is 1. The quantitative estimate of drug-likeness (QED) is 0.323. The second-order valence-corrected chi connectivity index (χ2v) is 8.94. The number of aryl methyl sites for hydroxylation is 1. The van der Waals surface area contributed by atoms with E-state index in [0.29, 0.717) is 37.4 Å². The third-order valence-corrected chi connectivity index (χ3v) is 6.32. The van der Waals surface area contributed by atoms with Crippen molar-refractivity contribution >= 4 is 10.9 Å². The van der Waals surface area contributed by atoms with E-state index >= 15 is 0 Å². The molecule has 1 atom stereocenters. The predicted octanol–water partition coefficient (Wildman–Crippen LogP) is 4.76. The van der Waals surface area contributed by atoms with E-state index in [2.05, 4.69) is 38.4 Å². The lowest BCUT2D eigenvalue weighted by Gasteiger charge is -2.29. The maximum Gasteiger partial charge on any atom is 0.252 e. The summed E-state index contributed by atoms with van der Waals surface area (Å²) in [5, 5.41) is 13.5. The highest BCUT2D eigenvalue weighted by atomic mass is 19.1. The Balaban J connectivity index is 1.50. The first-order valence-corrected chi connectivity index (χ1v) is 11.9. The molecule has 0 saturated carbocycles. The first-order valence-electron chi connectivity index (χ1n) is 11.9. The van der Waals surface area contributed by atoms with Crippen LogP contribution >= 0.6 is 0 Å². The van der Waals surface area contributed by atoms with E-state index in [1.165, 1.54) is 12.1 Å². The molecule has 2 aromatic carbocycles. The predicted molar refractivity (Wildman–Crippen MR) is 134 cm³/mol. The van der Waals surface area contributed by atoms with Crippen molar-refractivity contribution in [2.24, 2.45) is 0 Å². The van der Waals surface area contributed by atoms with Gasteiger partial charge in [0.05, 0.1) is 25.4 Å². The van der Waals surface area contributed by atoms with Gasteiger partial charge in [-0.2, -0.15) is 0 Å².